The summed E-state index contributed by atoms with van der Waals surface area (Å²) in [5.41, 5.74) is 4.08. The standard InChI is InChI=1S/C22H20FN3O6S/c1-2-12-24-33(29,30)20-13-15(8-10-18(20)23)21(27)25-26-22(28)19-11-9-17(32-19)14-31-16-6-4-3-5-7-16/h2-11,13,24H,1,12,14H2,(H,25,27)(H,26,28). The first-order valence-corrected chi connectivity index (χ1v) is 11.1. The zero-order valence-corrected chi connectivity index (χ0v) is 18.0. The van der Waals surface area contributed by atoms with E-state index in [0.717, 1.165) is 18.2 Å². The van der Waals surface area contributed by atoms with Crippen LogP contribution in [0.25, 0.3) is 0 Å². The molecule has 0 saturated heterocycles. The molecule has 0 unspecified atom stereocenters. The van der Waals surface area contributed by atoms with Crippen LogP contribution >= 0.6 is 0 Å². The quantitative estimate of drug-likeness (QED) is 0.324. The van der Waals surface area contributed by atoms with Crippen LogP contribution in [0.15, 0.2) is 82.6 Å². The zero-order valence-electron chi connectivity index (χ0n) is 17.2. The van der Waals surface area contributed by atoms with Crippen molar-refractivity contribution >= 4 is 21.8 Å². The number of carbonyl (C=O) groups is 2. The van der Waals surface area contributed by atoms with Crippen LogP contribution in [-0.4, -0.2) is 26.8 Å². The Bertz CT molecular complexity index is 1260. The number of sulfonamides is 1. The SMILES string of the molecule is C=CCNS(=O)(=O)c1cc(C(=O)NNC(=O)c2ccc(COc3ccccc3)o2)ccc1F. The van der Waals surface area contributed by atoms with Crippen molar-refractivity contribution < 1.29 is 31.6 Å². The summed E-state index contributed by atoms with van der Waals surface area (Å²) in [6, 6.07) is 14.7. The number of hydrogen-bond acceptors (Lipinski definition) is 6. The van der Waals surface area contributed by atoms with Gasteiger partial charge in [-0.2, -0.15) is 0 Å². The molecule has 1 heterocycles. The predicted octanol–water partition coefficient (Wildman–Crippen LogP) is 2.54. The molecule has 0 aliphatic rings. The highest BCUT2D eigenvalue weighted by molar-refractivity contribution is 7.89. The van der Waals surface area contributed by atoms with Gasteiger partial charge in [-0.3, -0.25) is 20.4 Å². The maximum atomic E-state index is 14.0. The third-order valence-electron chi connectivity index (χ3n) is 4.20. The molecule has 3 rings (SSSR count). The number of hydrogen-bond donors (Lipinski definition) is 3. The molecule has 0 aliphatic carbocycles. The topological polar surface area (TPSA) is 127 Å². The van der Waals surface area contributed by atoms with Crippen LogP contribution in [0.5, 0.6) is 5.75 Å². The van der Waals surface area contributed by atoms with Crippen LogP contribution < -0.4 is 20.3 Å². The van der Waals surface area contributed by atoms with Crippen LogP contribution in [0.1, 0.15) is 26.7 Å². The van der Waals surface area contributed by atoms with E-state index in [0.29, 0.717) is 11.5 Å². The summed E-state index contributed by atoms with van der Waals surface area (Å²) < 4.78 is 51.4. The summed E-state index contributed by atoms with van der Waals surface area (Å²) in [5.74, 6) is -1.71. The van der Waals surface area contributed by atoms with E-state index < -0.39 is 32.6 Å². The first-order valence-electron chi connectivity index (χ1n) is 9.57. The molecule has 0 saturated carbocycles. The van der Waals surface area contributed by atoms with Crippen LogP contribution in [0.3, 0.4) is 0 Å². The van der Waals surface area contributed by atoms with Crippen molar-refractivity contribution in [2.45, 2.75) is 11.5 Å². The van der Waals surface area contributed by atoms with Crippen molar-refractivity contribution in [3.63, 3.8) is 0 Å². The molecule has 0 radical (unpaired) electrons. The van der Waals surface area contributed by atoms with Crippen LogP contribution in [0.2, 0.25) is 0 Å². The molecule has 1 aromatic heterocycles. The fraction of sp³-hybridized carbons (Fsp3) is 0.0909. The number of carbonyl (C=O) groups excluding carboxylic acids is 2. The van der Waals surface area contributed by atoms with Gasteiger partial charge in [-0.25, -0.2) is 17.5 Å². The number of hydrazine groups is 1. The number of halogens is 1. The molecule has 0 fully saturated rings. The van der Waals surface area contributed by atoms with Gasteiger partial charge in [0.15, 0.2) is 5.76 Å². The van der Waals surface area contributed by atoms with E-state index in [9.17, 15) is 22.4 Å². The van der Waals surface area contributed by atoms with Gasteiger partial charge in [0, 0.05) is 12.1 Å². The molecule has 2 amide bonds. The Morgan fingerprint density at radius 2 is 1.76 bits per heavy atom. The van der Waals surface area contributed by atoms with Crippen molar-refractivity contribution in [1.82, 2.24) is 15.6 Å². The summed E-state index contributed by atoms with van der Waals surface area (Å²) in [7, 11) is -4.20. The molecule has 3 aromatic rings. The summed E-state index contributed by atoms with van der Waals surface area (Å²) in [5, 5.41) is 0. The Kier molecular flexibility index (Phi) is 7.59. The van der Waals surface area contributed by atoms with Crippen LogP contribution in [0.4, 0.5) is 4.39 Å². The molecule has 33 heavy (non-hydrogen) atoms. The minimum absolute atomic E-state index is 0.0852. The van der Waals surface area contributed by atoms with E-state index in [4.69, 9.17) is 9.15 Å². The van der Waals surface area contributed by atoms with Crippen LogP contribution in [-0.2, 0) is 16.6 Å². The second-order valence-corrected chi connectivity index (χ2v) is 8.30. The molecule has 3 N–H and O–H groups in total. The van der Waals surface area contributed by atoms with Crippen molar-refractivity contribution in [3.05, 3.63) is 96.2 Å². The Morgan fingerprint density at radius 3 is 2.48 bits per heavy atom. The van der Waals surface area contributed by atoms with Gasteiger partial charge in [0.05, 0.1) is 0 Å². The first kappa shape index (κ1) is 23.7. The number of rotatable bonds is 9. The van der Waals surface area contributed by atoms with Crippen molar-refractivity contribution in [2.24, 2.45) is 0 Å². The third-order valence-corrected chi connectivity index (χ3v) is 5.64. The lowest BCUT2D eigenvalue weighted by Crippen LogP contribution is -2.41. The predicted molar refractivity (Wildman–Crippen MR) is 116 cm³/mol. The Morgan fingerprint density at radius 1 is 1.03 bits per heavy atom. The lowest BCUT2D eigenvalue weighted by Gasteiger charge is -2.09. The summed E-state index contributed by atoms with van der Waals surface area (Å²) in [4.78, 5) is 23.8. The highest BCUT2D eigenvalue weighted by atomic mass is 32.2. The molecule has 0 spiro atoms. The van der Waals surface area contributed by atoms with Gasteiger partial charge in [-0.1, -0.05) is 24.3 Å². The summed E-state index contributed by atoms with van der Waals surface area (Å²) in [6.07, 6.45) is 1.29. The van der Waals surface area contributed by atoms with E-state index in [1.54, 1.807) is 18.2 Å². The van der Waals surface area contributed by atoms with Gasteiger partial charge in [-0.15, -0.1) is 6.58 Å². The lowest BCUT2D eigenvalue weighted by atomic mass is 10.2. The van der Waals surface area contributed by atoms with Gasteiger partial charge >= 0.3 is 5.91 Å². The second-order valence-electron chi connectivity index (χ2n) is 6.56. The Balaban J connectivity index is 1.59. The normalized spacial score (nSPS) is 10.9. The third kappa shape index (κ3) is 6.28. The molecule has 0 atom stereocenters. The molecule has 11 heteroatoms. The van der Waals surface area contributed by atoms with Gasteiger partial charge in [0.25, 0.3) is 5.91 Å². The minimum atomic E-state index is -4.20. The van der Waals surface area contributed by atoms with E-state index in [2.05, 4.69) is 22.2 Å². The van der Waals surface area contributed by atoms with Gasteiger partial charge in [0.2, 0.25) is 10.0 Å². The number of para-hydroxylation sites is 1. The highest BCUT2D eigenvalue weighted by Crippen LogP contribution is 2.17. The van der Waals surface area contributed by atoms with E-state index in [1.165, 1.54) is 12.1 Å². The van der Waals surface area contributed by atoms with Crippen LogP contribution in [0, 0.1) is 5.82 Å². The number of ether oxygens (including phenoxy) is 1. The monoisotopic (exact) mass is 473 g/mol. The maximum absolute atomic E-state index is 14.0. The van der Waals surface area contributed by atoms with Gasteiger partial charge in [-0.05, 0) is 42.5 Å². The smallest absolute Gasteiger partial charge is 0.305 e. The second kappa shape index (κ2) is 10.6. The zero-order chi connectivity index (χ0) is 23.8. The fourth-order valence-electron chi connectivity index (χ4n) is 2.59. The van der Waals surface area contributed by atoms with Gasteiger partial charge in [0.1, 0.15) is 28.8 Å². The summed E-state index contributed by atoms with van der Waals surface area (Å²) in [6.45, 7) is 3.36. The molecule has 0 aliphatic heterocycles. The largest absolute Gasteiger partial charge is 0.486 e. The van der Waals surface area contributed by atoms with Crippen molar-refractivity contribution in [2.75, 3.05) is 6.54 Å². The number of furan rings is 1. The van der Waals surface area contributed by atoms with E-state index in [1.807, 2.05) is 18.2 Å². The fourth-order valence-corrected chi connectivity index (χ4v) is 3.69. The van der Waals surface area contributed by atoms with E-state index in [-0.39, 0.29) is 24.5 Å². The average Bonchev–Trinajstić information content (AvgIpc) is 3.30. The number of nitrogens with one attached hydrogen (secondary N) is 3. The molecular weight excluding hydrogens is 453 g/mol. The Hall–Kier alpha value is -3.96. The minimum Gasteiger partial charge on any atom is -0.486 e. The molecular formula is C22H20FN3O6S. The first-order chi connectivity index (χ1) is 15.8. The highest BCUT2D eigenvalue weighted by Gasteiger charge is 2.21. The number of amides is 2. The average molecular weight is 473 g/mol. The van der Waals surface area contributed by atoms with E-state index >= 15 is 0 Å². The van der Waals surface area contributed by atoms with Gasteiger partial charge < -0.3 is 9.15 Å². The van der Waals surface area contributed by atoms with Crippen molar-refractivity contribution in [1.29, 1.82) is 0 Å². The van der Waals surface area contributed by atoms with Crippen molar-refractivity contribution in [3.8, 4) is 5.75 Å². The maximum Gasteiger partial charge on any atom is 0.305 e. The molecule has 0 bridgehead atoms. The Labute approximate surface area is 189 Å². The molecule has 2 aromatic carbocycles. The molecule has 172 valence electrons. The summed E-state index contributed by atoms with van der Waals surface area (Å²) >= 11 is 0. The molecule has 9 nitrogen and oxygen atoms in total. The number of benzene rings is 2. The lowest BCUT2D eigenvalue weighted by molar-refractivity contribution is 0.0828.